The highest BCUT2D eigenvalue weighted by Crippen LogP contribution is 2.34. The Hall–Kier alpha value is -7.19. The van der Waals surface area contributed by atoms with E-state index < -0.39 is 18.6 Å². The van der Waals surface area contributed by atoms with Gasteiger partial charge in [0.1, 0.15) is 23.4 Å². The number of rotatable bonds is 9. The van der Waals surface area contributed by atoms with Crippen LogP contribution >= 0.6 is 0 Å². The molecule has 5 N–H and O–H groups in total. The minimum Gasteiger partial charge on any atom is -0.431 e. The average Bonchev–Trinajstić information content (AvgIpc) is 3.77. The van der Waals surface area contributed by atoms with E-state index in [4.69, 9.17) is 10.8 Å². The van der Waals surface area contributed by atoms with Crippen molar-refractivity contribution in [3.05, 3.63) is 148 Å². The monoisotopic (exact) mass is 711 g/mol. The number of hydrogen-bond acceptors (Lipinski definition) is 7. The second-order valence-corrected chi connectivity index (χ2v) is 12.1. The lowest BCUT2D eigenvalue weighted by Crippen LogP contribution is -2.28. The molecule has 4 aromatic carbocycles. The quantitative estimate of drug-likeness (QED) is 0.146. The molecule has 1 amide bonds. The van der Waals surface area contributed by atoms with Gasteiger partial charge in [-0.25, -0.2) is 9.97 Å². The maximum Gasteiger partial charge on any atom is 0.421 e. The number of aliphatic hydroxyl groups is 1. The zero-order valence-corrected chi connectivity index (χ0v) is 27.5. The van der Waals surface area contributed by atoms with E-state index in [9.17, 15) is 23.2 Å². The number of halogens is 2. The summed E-state index contributed by atoms with van der Waals surface area (Å²) in [6, 6.07) is 27.9. The van der Waals surface area contributed by atoms with Gasteiger partial charge in [0.05, 0.1) is 18.0 Å². The highest BCUT2D eigenvalue weighted by molar-refractivity contribution is 5.98. The minimum atomic E-state index is -3.73. The van der Waals surface area contributed by atoms with Crippen LogP contribution in [0.5, 0.6) is 5.75 Å². The number of alkyl halides is 2. The van der Waals surface area contributed by atoms with Gasteiger partial charge >= 0.3 is 6.11 Å². The molecule has 8 aromatic rings. The second-order valence-electron chi connectivity index (χ2n) is 12.1. The summed E-state index contributed by atoms with van der Waals surface area (Å²) in [7, 11) is 0. The Kier molecular flexibility index (Phi) is 8.00. The molecule has 0 atom stereocenters. The molecule has 4 aromatic heterocycles. The van der Waals surface area contributed by atoms with Crippen molar-refractivity contribution in [2.45, 2.75) is 6.11 Å². The van der Waals surface area contributed by atoms with Crippen molar-refractivity contribution in [1.29, 1.82) is 0 Å². The standard InChI is InChI=1S/C39H27F2N7O5/c40-39(41,19-49)53-29-14-8-24(9-15-29)30-17-48(36-32(30)37(51)45-21-44-36)28-12-6-23(7-13-28)22-4-10-27(11-5-22)47-18-31(33-34(47)38(52)46-20-43-33)25-2-1-3-26(16-25)35(42)50/h1-18,20-21,49H,19H2,(H2,42,50)(H,43,46,52)(H,44,45,51). The van der Waals surface area contributed by atoms with Crippen LogP contribution in [0.1, 0.15) is 10.4 Å². The van der Waals surface area contributed by atoms with Crippen molar-refractivity contribution in [2.24, 2.45) is 5.73 Å². The Labute approximate surface area is 297 Å². The van der Waals surface area contributed by atoms with Crippen LogP contribution in [-0.2, 0) is 0 Å². The summed E-state index contributed by atoms with van der Waals surface area (Å²) in [5, 5.41) is 9.15. The third-order valence-electron chi connectivity index (χ3n) is 8.87. The van der Waals surface area contributed by atoms with E-state index in [0.29, 0.717) is 49.9 Å². The number of aromatic nitrogens is 6. The van der Waals surface area contributed by atoms with Crippen molar-refractivity contribution in [2.75, 3.05) is 6.61 Å². The van der Waals surface area contributed by atoms with Crippen LogP contribution in [0.15, 0.2) is 132 Å². The average molecular weight is 712 g/mol. The zero-order chi connectivity index (χ0) is 36.9. The molecule has 0 spiro atoms. The normalized spacial score (nSPS) is 11.7. The molecule has 0 bridgehead atoms. The lowest BCUT2D eigenvalue weighted by atomic mass is 10.0. The molecular formula is C39H27F2N7O5. The van der Waals surface area contributed by atoms with Crippen LogP contribution in [0.2, 0.25) is 0 Å². The number of ether oxygens (including phenoxy) is 1. The van der Waals surface area contributed by atoms with Crippen molar-refractivity contribution < 1.29 is 23.4 Å². The van der Waals surface area contributed by atoms with Crippen LogP contribution < -0.4 is 21.6 Å². The van der Waals surface area contributed by atoms with E-state index >= 15 is 0 Å². The fourth-order valence-corrected chi connectivity index (χ4v) is 6.35. The first-order valence-electron chi connectivity index (χ1n) is 16.2. The first kappa shape index (κ1) is 33.0. The van der Waals surface area contributed by atoms with Gasteiger partial charge in [-0.2, -0.15) is 8.78 Å². The number of fused-ring (bicyclic) bond motifs is 2. The van der Waals surface area contributed by atoms with E-state index in [2.05, 4.69) is 24.7 Å². The van der Waals surface area contributed by atoms with E-state index in [0.717, 1.165) is 22.5 Å². The maximum atomic E-state index is 13.5. The molecule has 53 heavy (non-hydrogen) atoms. The number of H-pyrrole nitrogens is 2. The van der Waals surface area contributed by atoms with Crippen LogP contribution in [0.4, 0.5) is 8.78 Å². The van der Waals surface area contributed by atoms with Crippen LogP contribution in [0, 0.1) is 0 Å². The SMILES string of the molecule is NC(=O)c1cccc(-c2cn(-c3ccc(-c4ccc(-n5cc(-c6ccc(OC(F)(F)CO)cc6)c6c(=O)[nH]cnc65)cc4)cc3)c3c(=O)[nH]cnc23)c1. The fraction of sp³-hybridized carbons (Fsp3) is 0.0513. The Morgan fingerprint density at radius 2 is 1.36 bits per heavy atom. The summed E-state index contributed by atoms with van der Waals surface area (Å²) in [6.45, 7) is -1.46. The van der Waals surface area contributed by atoms with Crippen molar-refractivity contribution >= 4 is 28.0 Å². The third kappa shape index (κ3) is 6.02. The van der Waals surface area contributed by atoms with Gasteiger partial charge in [0, 0.05) is 40.5 Å². The summed E-state index contributed by atoms with van der Waals surface area (Å²) in [5.41, 5.74) is 12.1. The Balaban J connectivity index is 1.11. The largest absolute Gasteiger partial charge is 0.431 e. The van der Waals surface area contributed by atoms with Crippen molar-refractivity contribution in [1.82, 2.24) is 29.1 Å². The highest BCUT2D eigenvalue weighted by Gasteiger charge is 2.30. The van der Waals surface area contributed by atoms with Crippen LogP contribution in [0.3, 0.4) is 0 Å². The van der Waals surface area contributed by atoms with E-state index in [-0.39, 0.29) is 16.9 Å². The van der Waals surface area contributed by atoms with Gasteiger partial charge in [0.25, 0.3) is 11.1 Å². The van der Waals surface area contributed by atoms with Crippen LogP contribution in [0.25, 0.3) is 66.8 Å². The molecule has 12 nitrogen and oxygen atoms in total. The topological polar surface area (TPSA) is 174 Å². The number of amides is 1. The van der Waals surface area contributed by atoms with Gasteiger partial charge in [-0.3, -0.25) is 14.4 Å². The number of carbonyl (C=O) groups excluding carboxylic acids is 1. The summed E-state index contributed by atoms with van der Waals surface area (Å²) in [5.74, 6) is -0.702. The molecule has 0 saturated carbocycles. The molecule has 0 aliphatic rings. The summed E-state index contributed by atoms with van der Waals surface area (Å²) >= 11 is 0. The predicted molar refractivity (Wildman–Crippen MR) is 194 cm³/mol. The van der Waals surface area contributed by atoms with Gasteiger partial charge in [-0.1, -0.05) is 48.5 Å². The molecule has 262 valence electrons. The maximum absolute atomic E-state index is 13.5. The first-order chi connectivity index (χ1) is 25.6. The molecule has 0 aliphatic heterocycles. The number of nitrogens with zero attached hydrogens (tertiary/aromatic N) is 4. The number of primary amides is 1. The Morgan fingerprint density at radius 1 is 0.755 bits per heavy atom. The number of benzene rings is 4. The molecule has 8 rings (SSSR count). The van der Waals surface area contributed by atoms with Gasteiger partial charge in [0.2, 0.25) is 5.91 Å². The van der Waals surface area contributed by atoms with E-state index in [1.165, 1.54) is 24.8 Å². The molecule has 14 heteroatoms. The predicted octanol–water partition coefficient (Wildman–Crippen LogP) is 5.80. The second kappa shape index (κ2) is 12.9. The lowest BCUT2D eigenvalue weighted by molar-refractivity contribution is -0.200. The Morgan fingerprint density at radius 3 is 2.02 bits per heavy atom. The van der Waals surface area contributed by atoms with E-state index in [1.54, 1.807) is 45.7 Å². The molecule has 0 fully saturated rings. The van der Waals surface area contributed by atoms with Gasteiger partial charge in [-0.15, -0.1) is 0 Å². The first-order valence-corrected chi connectivity index (χ1v) is 16.2. The van der Waals surface area contributed by atoms with Gasteiger partial charge in [0.15, 0.2) is 5.65 Å². The van der Waals surface area contributed by atoms with Gasteiger partial charge < -0.3 is 34.7 Å². The highest BCUT2D eigenvalue weighted by atomic mass is 19.3. The summed E-state index contributed by atoms with van der Waals surface area (Å²) in [4.78, 5) is 52.0. The Bertz CT molecular complexity index is 2790. The third-order valence-corrected chi connectivity index (χ3v) is 8.87. The smallest absolute Gasteiger partial charge is 0.421 e. The molecule has 0 radical (unpaired) electrons. The van der Waals surface area contributed by atoms with Crippen molar-refractivity contribution in [3.63, 3.8) is 0 Å². The van der Waals surface area contributed by atoms with E-state index in [1.807, 2.05) is 60.8 Å². The van der Waals surface area contributed by atoms with Crippen molar-refractivity contribution in [3.8, 4) is 50.5 Å². The molecule has 4 heterocycles. The summed E-state index contributed by atoms with van der Waals surface area (Å²) in [6.07, 6.45) is 2.49. The van der Waals surface area contributed by atoms with Crippen LogP contribution in [-0.4, -0.2) is 52.8 Å². The molecule has 0 saturated heterocycles. The number of aromatic amines is 2. The molecule has 0 aliphatic carbocycles. The molecular weight excluding hydrogens is 684 g/mol. The summed E-state index contributed by atoms with van der Waals surface area (Å²) < 4.78 is 35.2. The zero-order valence-electron chi connectivity index (χ0n) is 27.5. The van der Waals surface area contributed by atoms with Gasteiger partial charge in [-0.05, 0) is 70.8 Å². The number of aliphatic hydroxyl groups excluding tert-OH is 1. The molecule has 0 unspecified atom stereocenters. The number of hydrogen-bond donors (Lipinski definition) is 4. The minimum absolute atomic E-state index is 0.142. The number of carbonyl (C=O) groups is 1. The fourth-order valence-electron chi connectivity index (χ4n) is 6.35. The number of nitrogens with two attached hydrogens (primary N) is 1. The lowest BCUT2D eigenvalue weighted by Gasteiger charge is -2.15. The number of nitrogens with one attached hydrogen (secondary N) is 2.